The molecule has 1 aliphatic rings. The molecule has 0 saturated carbocycles. The maximum Gasteiger partial charge on any atom is 0.270 e. The molecule has 2 aromatic carbocycles. The Hall–Kier alpha value is -4.33. The summed E-state index contributed by atoms with van der Waals surface area (Å²) in [5.41, 5.74) is 7.68. The van der Waals surface area contributed by atoms with Crippen molar-refractivity contribution in [2.24, 2.45) is 10.7 Å². The number of carbonyl (C=O) groups excluding carboxylic acids is 2. The van der Waals surface area contributed by atoms with Crippen LogP contribution < -0.4 is 15.8 Å². The second kappa shape index (κ2) is 9.86. The van der Waals surface area contributed by atoms with Crippen LogP contribution >= 0.6 is 0 Å². The molecule has 3 aromatic rings. The Morgan fingerprint density at radius 3 is 2.36 bits per heavy atom. The van der Waals surface area contributed by atoms with Gasteiger partial charge in [0.15, 0.2) is 0 Å². The van der Waals surface area contributed by atoms with Gasteiger partial charge in [-0.1, -0.05) is 12.1 Å². The smallest absolute Gasteiger partial charge is 0.270 e. The van der Waals surface area contributed by atoms with E-state index in [1.165, 1.54) is 12.1 Å². The standard InChI is InChI=1S/C25H21FN4O3/c26-17-8-12-20(13-9-17)33-19-10-6-16(7-11-19)21-4-1-5-22(29-21)25(32)30-23(24(27)31)15-18-3-2-14-28-18/h1,3-14,23H,2,15H2,(H2,27,31)(H,30,32)/t23-/m0/s1. The van der Waals surface area contributed by atoms with Crippen molar-refractivity contribution in [1.82, 2.24) is 10.3 Å². The molecule has 0 aliphatic carbocycles. The number of nitrogens with two attached hydrogens (primary N) is 1. The molecule has 33 heavy (non-hydrogen) atoms. The SMILES string of the molecule is NC(=O)[C@H](CC1=CCC=N1)NC(=O)c1cccc(-c2ccc(Oc3ccc(F)cc3)cc2)n1. The van der Waals surface area contributed by atoms with Gasteiger partial charge in [-0.25, -0.2) is 9.37 Å². The van der Waals surface area contributed by atoms with E-state index in [9.17, 15) is 14.0 Å². The fraction of sp³-hybridized carbons (Fsp3) is 0.120. The van der Waals surface area contributed by atoms with Crippen molar-refractivity contribution in [2.75, 3.05) is 0 Å². The quantitative estimate of drug-likeness (QED) is 0.547. The number of pyridine rings is 1. The second-order valence-electron chi connectivity index (χ2n) is 7.36. The van der Waals surface area contributed by atoms with Gasteiger partial charge in [0.1, 0.15) is 29.1 Å². The van der Waals surface area contributed by atoms with Crippen molar-refractivity contribution in [3.8, 4) is 22.8 Å². The zero-order valence-electron chi connectivity index (χ0n) is 17.6. The van der Waals surface area contributed by atoms with E-state index in [4.69, 9.17) is 10.5 Å². The highest BCUT2D eigenvalue weighted by Crippen LogP contribution is 2.25. The summed E-state index contributed by atoms with van der Waals surface area (Å²) in [5, 5.41) is 2.64. The Bertz CT molecular complexity index is 1220. The summed E-state index contributed by atoms with van der Waals surface area (Å²) in [4.78, 5) is 33.1. The van der Waals surface area contributed by atoms with Crippen LogP contribution in [0.5, 0.6) is 11.5 Å². The van der Waals surface area contributed by atoms with Gasteiger partial charge in [0, 0.05) is 30.3 Å². The van der Waals surface area contributed by atoms with Gasteiger partial charge in [0.05, 0.1) is 5.69 Å². The molecular weight excluding hydrogens is 423 g/mol. The fourth-order valence-corrected chi connectivity index (χ4v) is 3.27. The average Bonchev–Trinajstić information content (AvgIpc) is 3.34. The summed E-state index contributed by atoms with van der Waals surface area (Å²) in [6.45, 7) is 0. The molecule has 1 atom stereocenters. The summed E-state index contributed by atoms with van der Waals surface area (Å²) in [6, 6.07) is 17.0. The molecular formula is C25H21FN4O3. The number of nitrogens with zero attached hydrogens (tertiary/aromatic N) is 2. The molecule has 1 aliphatic heterocycles. The van der Waals surface area contributed by atoms with E-state index >= 15 is 0 Å². The largest absolute Gasteiger partial charge is 0.457 e. The number of benzene rings is 2. The third-order valence-electron chi connectivity index (χ3n) is 4.96. The van der Waals surface area contributed by atoms with Crippen LogP contribution in [0.4, 0.5) is 4.39 Å². The summed E-state index contributed by atoms with van der Waals surface area (Å²) in [5.74, 6) is -0.380. The summed E-state index contributed by atoms with van der Waals surface area (Å²) < 4.78 is 18.7. The first-order valence-corrected chi connectivity index (χ1v) is 10.3. The third kappa shape index (κ3) is 5.68. The van der Waals surface area contributed by atoms with Crippen molar-refractivity contribution in [1.29, 1.82) is 0 Å². The number of rotatable bonds is 8. The zero-order chi connectivity index (χ0) is 23.2. The first-order chi connectivity index (χ1) is 16.0. The number of hydrogen-bond acceptors (Lipinski definition) is 5. The lowest BCUT2D eigenvalue weighted by Gasteiger charge is -2.15. The Balaban J connectivity index is 1.45. The molecule has 3 N–H and O–H groups in total. The van der Waals surface area contributed by atoms with Crippen LogP contribution in [0, 0.1) is 5.82 Å². The van der Waals surface area contributed by atoms with E-state index in [1.807, 2.05) is 6.08 Å². The molecule has 4 rings (SSSR count). The molecule has 1 aromatic heterocycles. The molecule has 0 radical (unpaired) electrons. The van der Waals surface area contributed by atoms with Crippen LogP contribution in [0.25, 0.3) is 11.3 Å². The third-order valence-corrected chi connectivity index (χ3v) is 4.96. The first-order valence-electron chi connectivity index (χ1n) is 10.3. The van der Waals surface area contributed by atoms with E-state index in [-0.39, 0.29) is 17.9 Å². The Kier molecular flexibility index (Phi) is 6.54. The van der Waals surface area contributed by atoms with Crippen LogP contribution in [0.3, 0.4) is 0 Å². The highest BCUT2D eigenvalue weighted by molar-refractivity contribution is 5.96. The zero-order valence-corrected chi connectivity index (χ0v) is 17.6. The van der Waals surface area contributed by atoms with Gasteiger partial charge < -0.3 is 15.8 Å². The van der Waals surface area contributed by atoms with E-state index in [0.717, 1.165) is 5.56 Å². The van der Waals surface area contributed by atoms with Gasteiger partial charge in [-0.3, -0.25) is 14.6 Å². The topological polar surface area (TPSA) is 107 Å². The predicted octanol–water partition coefficient (Wildman–Crippen LogP) is 4.01. The van der Waals surface area contributed by atoms with Crippen LogP contribution in [0.2, 0.25) is 0 Å². The normalized spacial score (nSPS) is 13.3. The molecule has 0 bridgehead atoms. The maximum atomic E-state index is 13.0. The molecule has 8 heteroatoms. The Morgan fingerprint density at radius 2 is 1.73 bits per heavy atom. The molecule has 0 fully saturated rings. The van der Waals surface area contributed by atoms with Crippen molar-refractivity contribution in [3.63, 3.8) is 0 Å². The number of hydrogen-bond donors (Lipinski definition) is 2. The summed E-state index contributed by atoms with van der Waals surface area (Å²) >= 11 is 0. The lowest BCUT2D eigenvalue weighted by atomic mass is 10.1. The molecule has 0 unspecified atom stereocenters. The van der Waals surface area contributed by atoms with Gasteiger partial charge in [-0.15, -0.1) is 0 Å². The number of amides is 2. The van der Waals surface area contributed by atoms with Crippen molar-refractivity contribution in [3.05, 3.63) is 90.0 Å². The second-order valence-corrected chi connectivity index (χ2v) is 7.36. The molecule has 7 nitrogen and oxygen atoms in total. The molecule has 166 valence electrons. The van der Waals surface area contributed by atoms with Crippen LogP contribution in [-0.4, -0.2) is 29.1 Å². The number of nitrogens with one attached hydrogen (secondary N) is 1. The lowest BCUT2D eigenvalue weighted by molar-refractivity contribution is -0.119. The molecule has 0 spiro atoms. The minimum absolute atomic E-state index is 0.161. The van der Waals surface area contributed by atoms with E-state index in [0.29, 0.717) is 29.3 Å². The summed E-state index contributed by atoms with van der Waals surface area (Å²) in [7, 11) is 0. The summed E-state index contributed by atoms with van der Waals surface area (Å²) in [6.07, 6.45) is 4.54. The number of carbonyl (C=O) groups is 2. The molecule has 2 amide bonds. The fourth-order valence-electron chi connectivity index (χ4n) is 3.27. The monoisotopic (exact) mass is 444 g/mol. The van der Waals surface area contributed by atoms with E-state index < -0.39 is 17.9 Å². The first kappa shape index (κ1) is 21.9. The Morgan fingerprint density at radius 1 is 1.03 bits per heavy atom. The number of ether oxygens (including phenoxy) is 1. The molecule has 2 heterocycles. The van der Waals surface area contributed by atoms with Gasteiger partial charge in [0.25, 0.3) is 5.91 Å². The molecule has 0 saturated heterocycles. The minimum Gasteiger partial charge on any atom is -0.457 e. The number of aliphatic imine (C=N–C) groups is 1. The average molecular weight is 444 g/mol. The number of halogens is 1. The maximum absolute atomic E-state index is 13.0. The van der Waals surface area contributed by atoms with Crippen molar-refractivity contribution >= 4 is 18.0 Å². The number of allylic oxidation sites excluding steroid dienone is 1. The van der Waals surface area contributed by atoms with Gasteiger partial charge in [-0.05, 0) is 60.7 Å². The van der Waals surface area contributed by atoms with Crippen molar-refractivity contribution < 1.29 is 18.7 Å². The Labute approximate surface area is 189 Å². The predicted molar refractivity (Wildman–Crippen MR) is 122 cm³/mol. The van der Waals surface area contributed by atoms with E-state index in [1.54, 1.807) is 60.8 Å². The van der Waals surface area contributed by atoms with Crippen LogP contribution in [0.1, 0.15) is 23.3 Å². The number of aromatic nitrogens is 1. The van der Waals surface area contributed by atoms with Crippen molar-refractivity contribution in [2.45, 2.75) is 18.9 Å². The van der Waals surface area contributed by atoms with E-state index in [2.05, 4.69) is 15.3 Å². The highest BCUT2D eigenvalue weighted by atomic mass is 19.1. The van der Waals surface area contributed by atoms with Gasteiger partial charge in [-0.2, -0.15) is 0 Å². The lowest BCUT2D eigenvalue weighted by Crippen LogP contribution is -2.44. The van der Waals surface area contributed by atoms with Gasteiger partial charge in [0.2, 0.25) is 5.91 Å². The minimum atomic E-state index is -0.882. The highest BCUT2D eigenvalue weighted by Gasteiger charge is 2.22. The van der Waals surface area contributed by atoms with Crippen LogP contribution in [-0.2, 0) is 4.79 Å². The van der Waals surface area contributed by atoms with Crippen LogP contribution in [0.15, 0.2) is 83.5 Å². The number of primary amides is 1. The van der Waals surface area contributed by atoms with Gasteiger partial charge >= 0.3 is 0 Å².